The van der Waals surface area contributed by atoms with E-state index >= 15 is 0 Å². The zero-order valence-electron chi connectivity index (χ0n) is 12.5. The molecule has 5 heteroatoms. The molecule has 0 saturated carbocycles. The second-order valence-electron chi connectivity index (χ2n) is 5.17. The summed E-state index contributed by atoms with van der Waals surface area (Å²) < 4.78 is 7.53. The second kappa shape index (κ2) is 6.63. The van der Waals surface area contributed by atoms with Crippen LogP contribution in [-0.2, 0) is 17.8 Å². The summed E-state index contributed by atoms with van der Waals surface area (Å²) in [5.74, 6) is 0. The summed E-state index contributed by atoms with van der Waals surface area (Å²) in [5, 5.41) is 3.45. The SMILES string of the molecule is CCn1cncc1CNc1ccc(N2CCOCC2)cc1. The molecule has 0 atom stereocenters. The molecule has 0 radical (unpaired) electrons. The number of ether oxygens (including phenoxy) is 1. The van der Waals surface area contributed by atoms with E-state index in [1.807, 2.05) is 12.5 Å². The van der Waals surface area contributed by atoms with Gasteiger partial charge in [-0.2, -0.15) is 0 Å². The Morgan fingerprint density at radius 2 is 1.95 bits per heavy atom. The average Bonchev–Trinajstić information content (AvgIpc) is 3.02. The predicted molar refractivity (Wildman–Crippen MR) is 84.7 cm³/mol. The lowest BCUT2D eigenvalue weighted by molar-refractivity contribution is 0.122. The third kappa shape index (κ3) is 3.36. The van der Waals surface area contributed by atoms with Crippen LogP contribution in [0.4, 0.5) is 11.4 Å². The van der Waals surface area contributed by atoms with E-state index in [0.29, 0.717) is 0 Å². The molecule has 1 aliphatic heterocycles. The smallest absolute Gasteiger partial charge is 0.0948 e. The highest BCUT2D eigenvalue weighted by atomic mass is 16.5. The molecule has 112 valence electrons. The van der Waals surface area contributed by atoms with E-state index in [4.69, 9.17) is 4.74 Å². The van der Waals surface area contributed by atoms with Crippen LogP contribution in [0.5, 0.6) is 0 Å². The van der Waals surface area contributed by atoms with Gasteiger partial charge in [0.2, 0.25) is 0 Å². The topological polar surface area (TPSA) is 42.3 Å². The van der Waals surface area contributed by atoms with Gasteiger partial charge in [-0.1, -0.05) is 0 Å². The molecular weight excluding hydrogens is 264 g/mol. The summed E-state index contributed by atoms with van der Waals surface area (Å²) in [6, 6.07) is 8.62. The van der Waals surface area contributed by atoms with Crippen molar-refractivity contribution in [3.8, 4) is 0 Å². The molecule has 1 aromatic carbocycles. The van der Waals surface area contributed by atoms with Crippen LogP contribution in [0.25, 0.3) is 0 Å². The van der Waals surface area contributed by atoms with Crippen LogP contribution < -0.4 is 10.2 Å². The second-order valence-corrected chi connectivity index (χ2v) is 5.17. The van der Waals surface area contributed by atoms with Gasteiger partial charge in [-0.05, 0) is 31.2 Å². The van der Waals surface area contributed by atoms with E-state index in [-0.39, 0.29) is 0 Å². The van der Waals surface area contributed by atoms with Gasteiger partial charge < -0.3 is 19.5 Å². The number of morpholine rings is 1. The normalized spacial score (nSPS) is 15.2. The van der Waals surface area contributed by atoms with Crippen molar-refractivity contribution < 1.29 is 4.74 Å². The molecule has 1 N–H and O–H groups in total. The van der Waals surface area contributed by atoms with Crippen LogP contribution in [0.1, 0.15) is 12.6 Å². The summed E-state index contributed by atoms with van der Waals surface area (Å²) in [7, 11) is 0. The Hall–Kier alpha value is -2.01. The molecule has 0 unspecified atom stereocenters. The Labute approximate surface area is 125 Å². The van der Waals surface area contributed by atoms with E-state index in [1.165, 1.54) is 11.4 Å². The van der Waals surface area contributed by atoms with Gasteiger partial charge in [0.15, 0.2) is 0 Å². The zero-order valence-corrected chi connectivity index (χ0v) is 12.5. The number of benzene rings is 1. The van der Waals surface area contributed by atoms with E-state index < -0.39 is 0 Å². The molecule has 0 amide bonds. The molecule has 0 bridgehead atoms. The van der Waals surface area contributed by atoms with E-state index in [1.54, 1.807) is 0 Å². The van der Waals surface area contributed by atoms with Crippen molar-refractivity contribution in [1.82, 2.24) is 9.55 Å². The van der Waals surface area contributed by atoms with Gasteiger partial charge >= 0.3 is 0 Å². The minimum absolute atomic E-state index is 0.796. The fourth-order valence-corrected chi connectivity index (χ4v) is 2.58. The first kappa shape index (κ1) is 13.9. The van der Waals surface area contributed by atoms with Crippen LogP contribution in [0.2, 0.25) is 0 Å². The maximum Gasteiger partial charge on any atom is 0.0948 e. The molecular formula is C16H22N4O. The lowest BCUT2D eigenvalue weighted by Gasteiger charge is -2.28. The Kier molecular flexibility index (Phi) is 4.40. The summed E-state index contributed by atoms with van der Waals surface area (Å²) >= 11 is 0. The number of hydrogen-bond donors (Lipinski definition) is 1. The Morgan fingerprint density at radius 3 is 2.67 bits per heavy atom. The molecule has 2 heterocycles. The predicted octanol–water partition coefficient (Wildman–Crippen LogP) is 2.35. The van der Waals surface area contributed by atoms with Crippen molar-refractivity contribution in [2.75, 3.05) is 36.5 Å². The number of rotatable bonds is 5. The minimum Gasteiger partial charge on any atom is -0.379 e. The summed E-state index contributed by atoms with van der Waals surface area (Å²) in [6.45, 7) is 7.47. The number of aryl methyl sites for hydroxylation is 1. The molecule has 1 fully saturated rings. The number of nitrogens with one attached hydrogen (secondary N) is 1. The monoisotopic (exact) mass is 286 g/mol. The van der Waals surface area contributed by atoms with Crippen LogP contribution in [-0.4, -0.2) is 35.9 Å². The fraction of sp³-hybridized carbons (Fsp3) is 0.438. The summed E-state index contributed by atoms with van der Waals surface area (Å²) in [5.41, 5.74) is 3.60. The van der Waals surface area contributed by atoms with Crippen molar-refractivity contribution in [1.29, 1.82) is 0 Å². The number of anilines is 2. The number of hydrogen-bond acceptors (Lipinski definition) is 4. The first-order chi connectivity index (χ1) is 10.4. The molecule has 21 heavy (non-hydrogen) atoms. The maximum absolute atomic E-state index is 5.38. The lowest BCUT2D eigenvalue weighted by atomic mass is 10.2. The van der Waals surface area contributed by atoms with Gasteiger partial charge in [-0.3, -0.25) is 0 Å². The quantitative estimate of drug-likeness (QED) is 0.916. The van der Waals surface area contributed by atoms with Gasteiger partial charge in [0.25, 0.3) is 0 Å². The van der Waals surface area contributed by atoms with Gasteiger partial charge in [-0.25, -0.2) is 4.98 Å². The number of nitrogens with zero attached hydrogens (tertiary/aromatic N) is 3. The highest BCUT2D eigenvalue weighted by Gasteiger charge is 2.10. The largest absolute Gasteiger partial charge is 0.379 e. The fourth-order valence-electron chi connectivity index (χ4n) is 2.58. The van der Waals surface area contributed by atoms with Crippen molar-refractivity contribution in [2.45, 2.75) is 20.0 Å². The summed E-state index contributed by atoms with van der Waals surface area (Å²) in [4.78, 5) is 6.55. The Morgan fingerprint density at radius 1 is 1.19 bits per heavy atom. The maximum atomic E-state index is 5.38. The van der Waals surface area contributed by atoms with Crippen LogP contribution in [0.15, 0.2) is 36.8 Å². The van der Waals surface area contributed by atoms with Crippen molar-refractivity contribution in [3.05, 3.63) is 42.5 Å². The first-order valence-corrected chi connectivity index (χ1v) is 7.52. The van der Waals surface area contributed by atoms with Gasteiger partial charge in [0.1, 0.15) is 0 Å². The molecule has 3 rings (SSSR count). The highest BCUT2D eigenvalue weighted by Crippen LogP contribution is 2.19. The van der Waals surface area contributed by atoms with Crippen LogP contribution >= 0.6 is 0 Å². The van der Waals surface area contributed by atoms with E-state index in [9.17, 15) is 0 Å². The number of imidazole rings is 1. The van der Waals surface area contributed by atoms with Gasteiger partial charge in [0.05, 0.1) is 31.8 Å². The van der Waals surface area contributed by atoms with Gasteiger partial charge in [0, 0.05) is 37.2 Å². The molecule has 1 aliphatic rings. The highest BCUT2D eigenvalue weighted by molar-refractivity contribution is 5.55. The molecule has 1 aromatic heterocycles. The molecule has 5 nitrogen and oxygen atoms in total. The third-order valence-electron chi connectivity index (χ3n) is 3.86. The molecule has 1 saturated heterocycles. The standard InChI is InChI=1S/C16H22N4O/c1-2-19-13-17-11-16(19)12-18-14-3-5-15(6-4-14)20-7-9-21-10-8-20/h3-6,11,13,18H,2,7-10,12H2,1H3. The van der Waals surface area contributed by atoms with E-state index in [2.05, 4.69) is 51.0 Å². The molecule has 2 aromatic rings. The van der Waals surface area contributed by atoms with E-state index in [0.717, 1.165) is 45.1 Å². The average molecular weight is 286 g/mol. The van der Waals surface area contributed by atoms with Crippen LogP contribution in [0.3, 0.4) is 0 Å². The van der Waals surface area contributed by atoms with Crippen molar-refractivity contribution >= 4 is 11.4 Å². The molecule has 0 spiro atoms. The zero-order chi connectivity index (χ0) is 14.5. The lowest BCUT2D eigenvalue weighted by Crippen LogP contribution is -2.36. The van der Waals surface area contributed by atoms with Crippen LogP contribution in [0, 0.1) is 0 Å². The summed E-state index contributed by atoms with van der Waals surface area (Å²) in [6.07, 6.45) is 3.79. The molecule has 0 aliphatic carbocycles. The Balaban J connectivity index is 1.59. The Bertz CT molecular complexity index is 558. The minimum atomic E-state index is 0.796. The third-order valence-corrected chi connectivity index (χ3v) is 3.86. The first-order valence-electron chi connectivity index (χ1n) is 7.52. The number of aromatic nitrogens is 2. The van der Waals surface area contributed by atoms with Crippen molar-refractivity contribution in [3.63, 3.8) is 0 Å². The van der Waals surface area contributed by atoms with Crippen molar-refractivity contribution in [2.24, 2.45) is 0 Å². The van der Waals surface area contributed by atoms with Gasteiger partial charge in [-0.15, -0.1) is 0 Å².